The highest BCUT2D eigenvalue weighted by atomic mass is 35.5. The summed E-state index contributed by atoms with van der Waals surface area (Å²) in [6, 6.07) is 0. The molecule has 1 fully saturated rings. The van der Waals surface area contributed by atoms with E-state index in [0.717, 1.165) is 5.82 Å². The second kappa shape index (κ2) is 3.48. The first kappa shape index (κ1) is 10.9. The largest absolute Gasteiger partial charge is 0.295 e. The van der Waals surface area contributed by atoms with Crippen LogP contribution in [0.2, 0.25) is 5.28 Å². The molecule has 84 valence electrons. The molecular formula is C11H18ClN3. The number of halogens is 1. The first-order valence-corrected chi connectivity index (χ1v) is 5.98. The molecule has 0 saturated heterocycles. The van der Waals surface area contributed by atoms with Crippen molar-refractivity contribution in [2.75, 3.05) is 0 Å². The van der Waals surface area contributed by atoms with E-state index in [-0.39, 0.29) is 5.54 Å². The van der Waals surface area contributed by atoms with Crippen LogP contribution in [0.1, 0.15) is 52.3 Å². The van der Waals surface area contributed by atoms with Gasteiger partial charge in [0.25, 0.3) is 0 Å². The fourth-order valence-electron chi connectivity index (χ4n) is 2.25. The van der Waals surface area contributed by atoms with Crippen molar-refractivity contribution in [3.05, 3.63) is 11.1 Å². The van der Waals surface area contributed by atoms with E-state index >= 15 is 0 Å². The highest BCUT2D eigenvalue weighted by molar-refractivity contribution is 6.28. The molecule has 0 aliphatic heterocycles. The molecule has 0 radical (unpaired) electrons. The lowest BCUT2D eigenvalue weighted by atomic mass is 10.0. The Bertz CT molecular complexity index is 364. The van der Waals surface area contributed by atoms with Gasteiger partial charge in [-0.15, -0.1) is 10.2 Å². The first-order valence-electron chi connectivity index (χ1n) is 5.60. The van der Waals surface area contributed by atoms with E-state index in [4.69, 9.17) is 11.6 Å². The molecule has 0 spiro atoms. The predicted octanol–water partition coefficient (Wildman–Crippen LogP) is 3.20. The van der Waals surface area contributed by atoms with E-state index in [2.05, 4.69) is 42.5 Å². The Morgan fingerprint density at radius 3 is 2.20 bits per heavy atom. The van der Waals surface area contributed by atoms with Crippen LogP contribution in [-0.4, -0.2) is 14.8 Å². The summed E-state index contributed by atoms with van der Waals surface area (Å²) in [5.41, 5.74) is 0.195. The monoisotopic (exact) mass is 227 g/mol. The molecule has 4 heteroatoms. The second-order valence-corrected chi connectivity index (χ2v) is 5.41. The van der Waals surface area contributed by atoms with Gasteiger partial charge in [-0.2, -0.15) is 0 Å². The number of hydrogen-bond donors (Lipinski definition) is 0. The quantitative estimate of drug-likeness (QED) is 0.794. The molecule has 2 rings (SSSR count). The third-order valence-electron chi connectivity index (χ3n) is 3.45. The van der Waals surface area contributed by atoms with Crippen molar-refractivity contribution >= 4 is 11.6 Å². The Kier molecular flexibility index (Phi) is 2.53. The Morgan fingerprint density at radius 2 is 1.80 bits per heavy atom. The standard InChI is InChI=1S/C11H18ClN3/c1-7(2)9-13-14-10(12)15(9)11(5-6-11)8(3)4/h7-8H,5-6H2,1-4H3. The minimum atomic E-state index is 0.195. The van der Waals surface area contributed by atoms with Gasteiger partial charge in [0, 0.05) is 5.92 Å². The van der Waals surface area contributed by atoms with E-state index < -0.39 is 0 Å². The lowest BCUT2D eigenvalue weighted by Crippen LogP contribution is -2.26. The smallest absolute Gasteiger partial charge is 0.225 e. The van der Waals surface area contributed by atoms with Gasteiger partial charge in [-0.05, 0) is 30.4 Å². The van der Waals surface area contributed by atoms with Crippen molar-refractivity contribution in [2.24, 2.45) is 5.92 Å². The number of hydrogen-bond acceptors (Lipinski definition) is 2. The molecule has 1 saturated carbocycles. The lowest BCUT2D eigenvalue weighted by molar-refractivity contribution is 0.337. The van der Waals surface area contributed by atoms with E-state index in [1.807, 2.05) is 0 Å². The highest BCUT2D eigenvalue weighted by Gasteiger charge is 2.49. The molecule has 1 aliphatic carbocycles. The first-order chi connectivity index (χ1) is 6.99. The molecule has 0 amide bonds. The molecule has 1 heterocycles. The third-order valence-corrected chi connectivity index (χ3v) is 3.69. The van der Waals surface area contributed by atoms with Crippen LogP contribution in [-0.2, 0) is 5.54 Å². The van der Waals surface area contributed by atoms with Crippen molar-refractivity contribution < 1.29 is 0 Å². The van der Waals surface area contributed by atoms with Crippen LogP contribution in [0.3, 0.4) is 0 Å². The van der Waals surface area contributed by atoms with E-state index in [1.165, 1.54) is 12.8 Å². The Hall–Kier alpha value is -0.570. The maximum atomic E-state index is 6.15. The minimum absolute atomic E-state index is 0.195. The van der Waals surface area contributed by atoms with Gasteiger partial charge < -0.3 is 0 Å². The Morgan fingerprint density at radius 1 is 1.20 bits per heavy atom. The molecule has 0 aromatic carbocycles. The van der Waals surface area contributed by atoms with E-state index in [9.17, 15) is 0 Å². The van der Waals surface area contributed by atoms with Gasteiger partial charge in [-0.1, -0.05) is 27.7 Å². The summed E-state index contributed by atoms with van der Waals surface area (Å²) in [4.78, 5) is 0. The third kappa shape index (κ3) is 1.57. The van der Waals surface area contributed by atoms with Crippen LogP contribution < -0.4 is 0 Å². The van der Waals surface area contributed by atoms with Crippen LogP contribution in [0.15, 0.2) is 0 Å². The Labute approximate surface area is 95.8 Å². The average Bonchev–Trinajstić information content (AvgIpc) is 2.85. The molecule has 0 unspecified atom stereocenters. The van der Waals surface area contributed by atoms with Gasteiger partial charge in [-0.25, -0.2) is 0 Å². The summed E-state index contributed by atoms with van der Waals surface area (Å²) in [6.07, 6.45) is 2.39. The van der Waals surface area contributed by atoms with Gasteiger partial charge in [0.1, 0.15) is 5.82 Å². The van der Waals surface area contributed by atoms with Crippen LogP contribution in [0.25, 0.3) is 0 Å². The molecule has 0 atom stereocenters. The summed E-state index contributed by atoms with van der Waals surface area (Å²) in [6.45, 7) is 8.75. The number of rotatable bonds is 3. The molecule has 1 aromatic rings. The van der Waals surface area contributed by atoms with Gasteiger partial charge in [0.05, 0.1) is 5.54 Å². The predicted molar refractivity (Wildman–Crippen MR) is 61.2 cm³/mol. The molecule has 3 nitrogen and oxygen atoms in total. The molecule has 0 bridgehead atoms. The van der Waals surface area contributed by atoms with E-state index in [0.29, 0.717) is 17.1 Å². The van der Waals surface area contributed by atoms with Crippen molar-refractivity contribution in [3.8, 4) is 0 Å². The van der Waals surface area contributed by atoms with Gasteiger partial charge >= 0.3 is 0 Å². The topological polar surface area (TPSA) is 30.7 Å². The summed E-state index contributed by atoms with van der Waals surface area (Å²) in [5, 5.41) is 8.74. The minimum Gasteiger partial charge on any atom is -0.295 e. The molecule has 15 heavy (non-hydrogen) atoms. The highest BCUT2D eigenvalue weighted by Crippen LogP contribution is 2.51. The zero-order valence-electron chi connectivity index (χ0n) is 9.79. The Balaban J connectivity index is 2.47. The molecule has 1 aliphatic rings. The van der Waals surface area contributed by atoms with Crippen molar-refractivity contribution in [1.82, 2.24) is 14.8 Å². The zero-order valence-corrected chi connectivity index (χ0v) is 10.5. The van der Waals surface area contributed by atoms with Crippen LogP contribution in [0.4, 0.5) is 0 Å². The maximum absolute atomic E-state index is 6.15. The SMILES string of the molecule is CC(C)c1nnc(Cl)n1C1(C(C)C)CC1. The fourth-order valence-corrected chi connectivity index (χ4v) is 2.54. The van der Waals surface area contributed by atoms with Gasteiger partial charge in [0.2, 0.25) is 5.28 Å². The summed E-state index contributed by atoms with van der Waals surface area (Å²) >= 11 is 6.15. The average molecular weight is 228 g/mol. The lowest BCUT2D eigenvalue weighted by Gasteiger charge is -2.24. The summed E-state index contributed by atoms with van der Waals surface area (Å²) < 4.78 is 2.16. The maximum Gasteiger partial charge on any atom is 0.225 e. The van der Waals surface area contributed by atoms with E-state index in [1.54, 1.807) is 0 Å². The molecule has 0 N–H and O–H groups in total. The van der Waals surface area contributed by atoms with Gasteiger partial charge in [0.15, 0.2) is 0 Å². The van der Waals surface area contributed by atoms with Crippen LogP contribution in [0, 0.1) is 5.92 Å². The van der Waals surface area contributed by atoms with Crippen molar-refractivity contribution in [3.63, 3.8) is 0 Å². The van der Waals surface area contributed by atoms with Crippen molar-refractivity contribution in [2.45, 2.75) is 52.0 Å². The second-order valence-electron chi connectivity index (χ2n) is 5.08. The normalized spacial score (nSPS) is 18.9. The molecule has 1 aromatic heterocycles. The van der Waals surface area contributed by atoms with Crippen LogP contribution >= 0.6 is 11.6 Å². The van der Waals surface area contributed by atoms with Crippen LogP contribution in [0.5, 0.6) is 0 Å². The molecular weight excluding hydrogens is 210 g/mol. The number of nitrogens with zero attached hydrogens (tertiary/aromatic N) is 3. The van der Waals surface area contributed by atoms with Gasteiger partial charge in [-0.3, -0.25) is 4.57 Å². The summed E-state index contributed by atoms with van der Waals surface area (Å²) in [5.74, 6) is 1.98. The summed E-state index contributed by atoms with van der Waals surface area (Å²) in [7, 11) is 0. The number of aromatic nitrogens is 3. The van der Waals surface area contributed by atoms with Crippen molar-refractivity contribution in [1.29, 1.82) is 0 Å². The fraction of sp³-hybridized carbons (Fsp3) is 0.818. The zero-order chi connectivity index (χ0) is 11.2.